The molecule has 0 saturated carbocycles. The van der Waals surface area contributed by atoms with Crippen molar-refractivity contribution in [1.82, 2.24) is 4.57 Å². The van der Waals surface area contributed by atoms with Gasteiger partial charge in [0.1, 0.15) is 5.75 Å². The Hall–Kier alpha value is -1.74. The van der Waals surface area contributed by atoms with Crippen LogP contribution in [0.25, 0.3) is 0 Å². The Bertz CT molecular complexity index is 502. The Morgan fingerprint density at radius 3 is 2.58 bits per heavy atom. The summed E-state index contributed by atoms with van der Waals surface area (Å²) in [5.41, 5.74) is 2.21. The van der Waals surface area contributed by atoms with Crippen LogP contribution in [0.2, 0.25) is 0 Å². The van der Waals surface area contributed by atoms with Gasteiger partial charge in [-0.05, 0) is 35.7 Å². The van der Waals surface area contributed by atoms with Crippen molar-refractivity contribution in [3.8, 4) is 5.75 Å². The number of rotatable bonds is 6. The van der Waals surface area contributed by atoms with E-state index in [1.807, 2.05) is 30.6 Å². The summed E-state index contributed by atoms with van der Waals surface area (Å²) in [7, 11) is 1.67. The maximum atomic E-state index is 9.94. The number of benzene rings is 1. The van der Waals surface area contributed by atoms with Gasteiger partial charge in [-0.1, -0.05) is 25.5 Å². The third-order valence-corrected chi connectivity index (χ3v) is 3.24. The molecule has 3 nitrogen and oxygen atoms in total. The van der Waals surface area contributed by atoms with Gasteiger partial charge in [-0.3, -0.25) is 0 Å². The summed E-state index contributed by atoms with van der Waals surface area (Å²) in [6.07, 6.45) is 5.49. The molecule has 0 aliphatic carbocycles. The molecule has 19 heavy (non-hydrogen) atoms. The maximum Gasteiger partial charge on any atom is 0.118 e. The second kappa shape index (κ2) is 6.43. The van der Waals surface area contributed by atoms with Crippen LogP contribution in [-0.4, -0.2) is 16.8 Å². The Morgan fingerprint density at radius 2 is 1.95 bits per heavy atom. The fourth-order valence-electron chi connectivity index (χ4n) is 2.14. The fraction of sp³-hybridized carbons (Fsp3) is 0.375. The van der Waals surface area contributed by atoms with Gasteiger partial charge < -0.3 is 14.4 Å². The molecule has 1 heterocycles. The van der Waals surface area contributed by atoms with Crippen LogP contribution in [0.5, 0.6) is 5.75 Å². The van der Waals surface area contributed by atoms with E-state index in [4.69, 9.17) is 4.74 Å². The van der Waals surface area contributed by atoms with Gasteiger partial charge in [-0.2, -0.15) is 0 Å². The first kappa shape index (κ1) is 13.7. The predicted molar refractivity (Wildman–Crippen MR) is 76.4 cm³/mol. The van der Waals surface area contributed by atoms with Crippen LogP contribution in [0, 0.1) is 0 Å². The number of aliphatic hydroxyl groups is 1. The first-order valence-electron chi connectivity index (χ1n) is 6.69. The van der Waals surface area contributed by atoms with E-state index in [-0.39, 0.29) is 6.10 Å². The molecule has 0 radical (unpaired) electrons. The molecule has 0 aliphatic rings. The lowest BCUT2D eigenvalue weighted by Gasteiger charge is -2.07. The molecule has 2 rings (SSSR count). The molecule has 2 aromatic rings. The van der Waals surface area contributed by atoms with Crippen LogP contribution in [0.15, 0.2) is 42.7 Å². The lowest BCUT2D eigenvalue weighted by atomic mass is 10.1. The van der Waals surface area contributed by atoms with Gasteiger partial charge in [0, 0.05) is 18.9 Å². The van der Waals surface area contributed by atoms with Crippen LogP contribution in [-0.2, 0) is 6.54 Å². The highest BCUT2D eigenvalue weighted by atomic mass is 16.5. The smallest absolute Gasteiger partial charge is 0.118 e. The van der Waals surface area contributed by atoms with E-state index in [0.717, 1.165) is 30.7 Å². The molecule has 1 N–H and O–H groups in total. The molecule has 0 saturated heterocycles. The molecule has 0 fully saturated rings. The maximum absolute atomic E-state index is 9.94. The number of aliphatic hydroxyl groups excluding tert-OH is 1. The summed E-state index contributed by atoms with van der Waals surface area (Å²) >= 11 is 0. The number of aromatic nitrogens is 1. The number of methoxy groups -OCH3 is 1. The van der Waals surface area contributed by atoms with Crippen LogP contribution in [0.4, 0.5) is 0 Å². The molecule has 0 bridgehead atoms. The standard InChI is InChI=1S/C16H21NO2/c1-3-4-16(18)14-9-10-17(12-14)11-13-5-7-15(19-2)8-6-13/h5-10,12,16,18H,3-4,11H2,1-2H3. The van der Waals surface area contributed by atoms with Crippen molar-refractivity contribution in [3.63, 3.8) is 0 Å². The minimum atomic E-state index is -0.345. The van der Waals surface area contributed by atoms with Crippen LogP contribution >= 0.6 is 0 Å². The Labute approximate surface area is 114 Å². The first-order chi connectivity index (χ1) is 9.22. The van der Waals surface area contributed by atoms with E-state index in [9.17, 15) is 5.11 Å². The van der Waals surface area contributed by atoms with E-state index < -0.39 is 0 Å². The minimum Gasteiger partial charge on any atom is -0.497 e. The predicted octanol–water partition coefficient (Wildman–Crippen LogP) is 3.38. The summed E-state index contributed by atoms with van der Waals surface area (Å²) in [6, 6.07) is 10.0. The highest BCUT2D eigenvalue weighted by molar-refractivity contribution is 5.27. The number of ether oxygens (including phenoxy) is 1. The molecule has 1 aromatic heterocycles. The second-order valence-electron chi connectivity index (χ2n) is 4.77. The van der Waals surface area contributed by atoms with Gasteiger partial charge in [0.2, 0.25) is 0 Å². The largest absolute Gasteiger partial charge is 0.497 e. The van der Waals surface area contributed by atoms with Gasteiger partial charge in [-0.25, -0.2) is 0 Å². The van der Waals surface area contributed by atoms with Crippen molar-refractivity contribution in [2.75, 3.05) is 7.11 Å². The van der Waals surface area contributed by atoms with Crippen molar-refractivity contribution in [3.05, 3.63) is 53.9 Å². The Morgan fingerprint density at radius 1 is 1.21 bits per heavy atom. The van der Waals surface area contributed by atoms with Crippen molar-refractivity contribution in [2.45, 2.75) is 32.4 Å². The molecule has 0 aliphatic heterocycles. The quantitative estimate of drug-likeness (QED) is 0.863. The molecule has 0 amide bonds. The van der Waals surface area contributed by atoms with E-state index in [0.29, 0.717) is 0 Å². The normalized spacial score (nSPS) is 12.4. The van der Waals surface area contributed by atoms with Crippen molar-refractivity contribution < 1.29 is 9.84 Å². The zero-order chi connectivity index (χ0) is 13.7. The lowest BCUT2D eigenvalue weighted by molar-refractivity contribution is 0.166. The second-order valence-corrected chi connectivity index (χ2v) is 4.77. The van der Waals surface area contributed by atoms with E-state index in [1.54, 1.807) is 7.11 Å². The summed E-state index contributed by atoms with van der Waals surface area (Å²) in [4.78, 5) is 0. The third kappa shape index (κ3) is 3.61. The summed E-state index contributed by atoms with van der Waals surface area (Å²) in [5.74, 6) is 0.871. The average Bonchev–Trinajstić information content (AvgIpc) is 2.88. The van der Waals surface area contributed by atoms with E-state index in [2.05, 4.69) is 23.6 Å². The summed E-state index contributed by atoms with van der Waals surface area (Å²) < 4.78 is 7.24. The molecular weight excluding hydrogens is 238 g/mol. The molecular formula is C16H21NO2. The SMILES string of the molecule is CCCC(O)c1ccn(Cc2ccc(OC)cc2)c1. The molecule has 1 unspecified atom stereocenters. The lowest BCUT2D eigenvalue weighted by Crippen LogP contribution is -1.98. The van der Waals surface area contributed by atoms with Gasteiger partial charge >= 0.3 is 0 Å². The third-order valence-electron chi connectivity index (χ3n) is 3.24. The Balaban J connectivity index is 2.02. The van der Waals surface area contributed by atoms with Crippen LogP contribution < -0.4 is 4.74 Å². The number of nitrogens with zero attached hydrogens (tertiary/aromatic N) is 1. The first-order valence-corrected chi connectivity index (χ1v) is 6.69. The fourth-order valence-corrected chi connectivity index (χ4v) is 2.14. The number of hydrogen-bond donors (Lipinski definition) is 1. The van der Waals surface area contributed by atoms with E-state index >= 15 is 0 Å². The molecule has 3 heteroatoms. The molecule has 1 atom stereocenters. The van der Waals surface area contributed by atoms with Gasteiger partial charge in [-0.15, -0.1) is 0 Å². The highest BCUT2D eigenvalue weighted by Crippen LogP contribution is 2.19. The molecule has 1 aromatic carbocycles. The average molecular weight is 259 g/mol. The Kier molecular flexibility index (Phi) is 4.63. The van der Waals surface area contributed by atoms with Crippen molar-refractivity contribution in [2.24, 2.45) is 0 Å². The molecule has 102 valence electrons. The van der Waals surface area contributed by atoms with Gasteiger partial charge in [0.15, 0.2) is 0 Å². The zero-order valence-corrected chi connectivity index (χ0v) is 11.5. The van der Waals surface area contributed by atoms with Crippen LogP contribution in [0.3, 0.4) is 0 Å². The van der Waals surface area contributed by atoms with Crippen molar-refractivity contribution >= 4 is 0 Å². The number of hydrogen-bond acceptors (Lipinski definition) is 2. The summed E-state index contributed by atoms with van der Waals surface area (Å²) in [5, 5.41) is 9.94. The molecule has 0 spiro atoms. The van der Waals surface area contributed by atoms with Gasteiger partial charge in [0.05, 0.1) is 13.2 Å². The van der Waals surface area contributed by atoms with Crippen molar-refractivity contribution in [1.29, 1.82) is 0 Å². The summed E-state index contributed by atoms with van der Waals surface area (Å²) in [6.45, 7) is 2.89. The monoisotopic (exact) mass is 259 g/mol. The van der Waals surface area contributed by atoms with E-state index in [1.165, 1.54) is 5.56 Å². The highest BCUT2D eigenvalue weighted by Gasteiger charge is 2.07. The minimum absolute atomic E-state index is 0.345. The van der Waals surface area contributed by atoms with Crippen LogP contribution in [0.1, 0.15) is 37.0 Å². The van der Waals surface area contributed by atoms with Gasteiger partial charge in [0.25, 0.3) is 0 Å². The zero-order valence-electron chi connectivity index (χ0n) is 11.5. The topological polar surface area (TPSA) is 34.4 Å².